The number of aliphatic hydroxyl groups excluding tert-OH is 1. The maximum Gasteiger partial charge on any atom is 0.138 e. The van der Waals surface area contributed by atoms with E-state index in [2.05, 4.69) is 30.9 Å². The number of hydrogen-bond donors (Lipinski definition) is 1. The van der Waals surface area contributed by atoms with Gasteiger partial charge in [0.1, 0.15) is 12.2 Å². The average molecular weight is 211 g/mol. The highest BCUT2D eigenvalue weighted by Gasteiger charge is 2.13. The zero-order valence-corrected chi connectivity index (χ0v) is 10.0. The van der Waals surface area contributed by atoms with Crippen LogP contribution in [0.4, 0.5) is 0 Å². The minimum atomic E-state index is -0.240. The van der Waals surface area contributed by atoms with Crippen molar-refractivity contribution in [3.63, 3.8) is 0 Å². The van der Waals surface area contributed by atoms with E-state index in [0.717, 1.165) is 18.7 Å². The molecule has 0 aliphatic carbocycles. The molecule has 1 aromatic heterocycles. The van der Waals surface area contributed by atoms with Crippen LogP contribution in [0.1, 0.15) is 46.0 Å². The summed E-state index contributed by atoms with van der Waals surface area (Å²) in [5.74, 6) is 1.45. The molecule has 1 N–H and O–H groups in total. The maximum atomic E-state index is 9.29. The van der Waals surface area contributed by atoms with Gasteiger partial charge < -0.3 is 5.11 Å². The van der Waals surface area contributed by atoms with Crippen molar-refractivity contribution < 1.29 is 5.11 Å². The topological polar surface area (TPSA) is 50.9 Å². The van der Waals surface area contributed by atoms with Crippen molar-refractivity contribution in [2.24, 2.45) is 5.92 Å². The highest BCUT2D eigenvalue weighted by atomic mass is 16.3. The Balaban J connectivity index is 2.60. The van der Waals surface area contributed by atoms with Crippen LogP contribution in [0.15, 0.2) is 6.33 Å². The minimum absolute atomic E-state index is 0.240. The summed E-state index contributed by atoms with van der Waals surface area (Å²) in [5, 5.41) is 13.5. The lowest BCUT2D eigenvalue weighted by molar-refractivity contribution is 0.163. The van der Waals surface area contributed by atoms with Crippen LogP contribution in [-0.4, -0.2) is 26.0 Å². The van der Waals surface area contributed by atoms with Crippen molar-refractivity contribution in [2.45, 2.75) is 52.7 Å². The van der Waals surface area contributed by atoms with E-state index in [1.807, 2.05) is 11.6 Å². The number of nitrogens with zero attached hydrogens (tertiary/aromatic N) is 3. The van der Waals surface area contributed by atoms with Crippen LogP contribution < -0.4 is 0 Å². The van der Waals surface area contributed by atoms with Crippen molar-refractivity contribution >= 4 is 0 Å². The molecule has 0 aliphatic rings. The largest absolute Gasteiger partial charge is 0.393 e. The zero-order valence-electron chi connectivity index (χ0n) is 10.0. The fourth-order valence-electron chi connectivity index (χ4n) is 1.83. The van der Waals surface area contributed by atoms with Crippen molar-refractivity contribution in [2.75, 3.05) is 0 Å². The number of aromatic nitrogens is 3. The lowest BCUT2D eigenvalue weighted by atomic mass is 10.0. The summed E-state index contributed by atoms with van der Waals surface area (Å²) in [6.45, 7) is 8.14. The Morgan fingerprint density at radius 3 is 2.53 bits per heavy atom. The zero-order chi connectivity index (χ0) is 11.4. The first-order valence-electron chi connectivity index (χ1n) is 5.57. The smallest absolute Gasteiger partial charge is 0.138 e. The maximum absolute atomic E-state index is 9.29. The van der Waals surface area contributed by atoms with Gasteiger partial charge in [0.2, 0.25) is 0 Å². The molecule has 4 nitrogen and oxygen atoms in total. The van der Waals surface area contributed by atoms with Gasteiger partial charge in [-0.05, 0) is 33.1 Å². The second-order valence-corrected chi connectivity index (χ2v) is 4.61. The fraction of sp³-hybridized carbons (Fsp3) is 0.818. The SMILES string of the molecule is CC(O)CC(C)Cc1ncnn1C(C)C. The molecule has 4 heteroatoms. The molecule has 1 rings (SSSR count). The molecule has 0 fully saturated rings. The Labute approximate surface area is 91.3 Å². The van der Waals surface area contributed by atoms with Crippen molar-refractivity contribution in [1.82, 2.24) is 14.8 Å². The molecule has 0 bridgehead atoms. The first-order chi connectivity index (χ1) is 7.00. The lowest BCUT2D eigenvalue weighted by Gasteiger charge is -2.14. The van der Waals surface area contributed by atoms with E-state index in [-0.39, 0.29) is 6.10 Å². The van der Waals surface area contributed by atoms with Gasteiger partial charge in [-0.1, -0.05) is 6.92 Å². The standard InChI is InChI=1S/C11H21N3O/c1-8(2)14-11(12-7-13-14)6-9(3)5-10(4)15/h7-10,15H,5-6H2,1-4H3. The van der Waals surface area contributed by atoms with Crippen molar-refractivity contribution in [1.29, 1.82) is 0 Å². The third-order valence-electron chi connectivity index (χ3n) is 2.41. The van der Waals surface area contributed by atoms with Gasteiger partial charge >= 0.3 is 0 Å². The van der Waals surface area contributed by atoms with E-state index >= 15 is 0 Å². The Bertz CT molecular complexity index is 294. The van der Waals surface area contributed by atoms with Crippen molar-refractivity contribution in [3.8, 4) is 0 Å². The highest BCUT2D eigenvalue weighted by Crippen LogP contribution is 2.14. The van der Waals surface area contributed by atoms with Crippen LogP contribution in [0.2, 0.25) is 0 Å². The molecular formula is C11H21N3O. The van der Waals surface area contributed by atoms with E-state index in [9.17, 15) is 5.11 Å². The first-order valence-corrected chi connectivity index (χ1v) is 5.57. The Hall–Kier alpha value is -0.900. The van der Waals surface area contributed by atoms with E-state index in [0.29, 0.717) is 12.0 Å². The first kappa shape index (κ1) is 12.2. The van der Waals surface area contributed by atoms with Crippen LogP contribution >= 0.6 is 0 Å². The summed E-state index contributed by atoms with van der Waals surface area (Å²) in [4.78, 5) is 4.25. The quantitative estimate of drug-likeness (QED) is 0.808. The summed E-state index contributed by atoms with van der Waals surface area (Å²) in [5.41, 5.74) is 0. The highest BCUT2D eigenvalue weighted by molar-refractivity contribution is 4.88. The fourth-order valence-corrected chi connectivity index (χ4v) is 1.83. The van der Waals surface area contributed by atoms with Gasteiger partial charge in [-0.15, -0.1) is 0 Å². The molecule has 1 aromatic rings. The molecular weight excluding hydrogens is 190 g/mol. The summed E-state index contributed by atoms with van der Waals surface area (Å²) >= 11 is 0. The van der Waals surface area contributed by atoms with Gasteiger partial charge in [0.05, 0.1) is 6.10 Å². The van der Waals surface area contributed by atoms with E-state index in [4.69, 9.17) is 0 Å². The van der Waals surface area contributed by atoms with Crippen LogP contribution in [-0.2, 0) is 6.42 Å². The second-order valence-electron chi connectivity index (χ2n) is 4.61. The normalized spacial score (nSPS) is 15.6. The molecule has 15 heavy (non-hydrogen) atoms. The van der Waals surface area contributed by atoms with Gasteiger partial charge in [-0.25, -0.2) is 9.67 Å². The molecule has 0 aliphatic heterocycles. The van der Waals surface area contributed by atoms with Crippen LogP contribution in [0.5, 0.6) is 0 Å². The van der Waals surface area contributed by atoms with Gasteiger partial charge in [0.25, 0.3) is 0 Å². The Morgan fingerprint density at radius 2 is 2.00 bits per heavy atom. The molecule has 86 valence electrons. The van der Waals surface area contributed by atoms with Crippen LogP contribution in [0.3, 0.4) is 0 Å². The summed E-state index contributed by atoms with van der Waals surface area (Å²) < 4.78 is 1.94. The second kappa shape index (κ2) is 5.26. The molecule has 0 aromatic carbocycles. The molecule has 2 unspecified atom stereocenters. The third-order valence-corrected chi connectivity index (χ3v) is 2.41. The minimum Gasteiger partial charge on any atom is -0.393 e. The molecule has 0 radical (unpaired) electrons. The number of hydrogen-bond acceptors (Lipinski definition) is 3. The Kier molecular flexibility index (Phi) is 4.27. The molecule has 0 spiro atoms. The summed E-state index contributed by atoms with van der Waals surface area (Å²) in [7, 11) is 0. The molecule has 0 amide bonds. The number of aliphatic hydroxyl groups is 1. The molecule has 2 atom stereocenters. The van der Waals surface area contributed by atoms with Gasteiger partial charge in [0, 0.05) is 12.5 Å². The van der Waals surface area contributed by atoms with Gasteiger partial charge in [-0.3, -0.25) is 0 Å². The molecule has 1 heterocycles. The third kappa shape index (κ3) is 3.63. The van der Waals surface area contributed by atoms with Gasteiger partial charge in [-0.2, -0.15) is 5.10 Å². The summed E-state index contributed by atoms with van der Waals surface area (Å²) in [6.07, 6.45) is 3.05. The monoisotopic (exact) mass is 211 g/mol. The average Bonchev–Trinajstić information content (AvgIpc) is 2.50. The predicted octanol–water partition coefficient (Wildman–Crippen LogP) is 1.81. The van der Waals surface area contributed by atoms with Crippen molar-refractivity contribution in [3.05, 3.63) is 12.2 Å². The molecule has 0 saturated carbocycles. The van der Waals surface area contributed by atoms with Gasteiger partial charge in [0.15, 0.2) is 0 Å². The van der Waals surface area contributed by atoms with E-state index in [1.165, 1.54) is 0 Å². The Morgan fingerprint density at radius 1 is 1.33 bits per heavy atom. The van der Waals surface area contributed by atoms with E-state index in [1.54, 1.807) is 6.33 Å². The number of rotatable bonds is 5. The molecule has 0 saturated heterocycles. The van der Waals surface area contributed by atoms with E-state index < -0.39 is 0 Å². The predicted molar refractivity (Wildman–Crippen MR) is 59.6 cm³/mol. The lowest BCUT2D eigenvalue weighted by Crippen LogP contribution is -2.14. The van der Waals surface area contributed by atoms with Crippen LogP contribution in [0, 0.1) is 5.92 Å². The van der Waals surface area contributed by atoms with Crippen LogP contribution in [0.25, 0.3) is 0 Å². The summed E-state index contributed by atoms with van der Waals surface area (Å²) in [6, 6.07) is 0.348.